The Labute approximate surface area is 129 Å². The van der Waals surface area contributed by atoms with Crippen LogP contribution < -0.4 is 0 Å². The van der Waals surface area contributed by atoms with Gasteiger partial charge in [-0.15, -0.1) is 24.0 Å². The van der Waals surface area contributed by atoms with E-state index in [1.807, 2.05) is 38.0 Å². The maximum atomic E-state index is 5.81. The van der Waals surface area contributed by atoms with Crippen LogP contribution in [0.3, 0.4) is 0 Å². The number of halogens is 1. The van der Waals surface area contributed by atoms with E-state index in [1.165, 1.54) is 25.7 Å². The van der Waals surface area contributed by atoms with Crippen LogP contribution in [0.25, 0.3) is 0 Å². The number of ether oxygens (including phenoxy) is 1. The van der Waals surface area contributed by atoms with Gasteiger partial charge in [0.1, 0.15) is 0 Å². The zero-order valence-electron chi connectivity index (χ0n) is 12.2. The third-order valence-corrected chi connectivity index (χ3v) is 3.01. The number of hydrogen-bond acceptors (Lipinski definition) is 2. The van der Waals surface area contributed by atoms with Gasteiger partial charge >= 0.3 is 0 Å². The van der Waals surface area contributed by atoms with Crippen molar-refractivity contribution < 1.29 is 4.74 Å². The van der Waals surface area contributed by atoms with Gasteiger partial charge in [0, 0.05) is 41.3 Å². The van der Waals surface area contributed by atoms with Crippen molar-refractivity contribution in [3.63, 3.8) is 0 Å². The molecule has 1 aliphatic carbocycles. The van der Waals surface area contributed by atoms with E-state index in [1.54, 1.807) is 0 Å². The van der Waals surface area contributed by atoms with Gasteiger partial charge in [0.05, 0.1) is 6.10 Å². The normalized spacial score (nSPS) is 15.1. The maximum absolute atomic E-state index is 5.81. The fourth-order valence-electron chi connectivity index (χ4n) is 2.23. The highest BCUT2D eigenvalue weighted by atomic mass is 127. The van der Waals surface area contributed by atoms with Crippen LogP contribution in [0, 0.1) is 0 Å². The average molecular weight is 369 g/mol. The molecule has 0 heterocycles. The van der Waals surface area contributed by atoms with Crippen LogP contribution in [0.1, 0.15) is 32.1 Å². The first-order chi connectivity index (χ1) is 8.11. The van der Waals surface area contributed by atoms with Crippen molar-refractivity contribution in [2.75, 3.05) is 41.3 Å². The summed E-state index contributed by atoms with van der Waals surface area (Å²) in [6.07, 6.45) is 6.74. The predicted octanol–water partition coefficient (Wildman–Crippen LogP) is 2.43. The topological polar surface area (TPSA) is 28.1 Å². The molecule has 0 unspecified atom stereocenters. The van der Waals surface area contributed by atoms with Gasteiger partial charge in [0.2, 0.25) is 0 Å². The summed E-state index contributed by atoms with van der Waals surface area (Å²) >= 11 is 0. The van der Waals surface area contributed by atoms with Crippen LogP contribution in [0.15, 0.2) is 4.99 Å². The van der Waals surface area contributed by atoms with E-state index in [9.17, 15) is 0 Å². The van der Waals surface area contributed by atoms with Crippen molar-refractivity contribution in [3.8, 4) is 0 Å². The summed E-state index contributed by atoms with van der Waals surface area (Å²) in [6.45, 7) is 1.70. The van der Waals surface area contributed by atoms with E-state index >= 15 is 0 Å². The second-order valence-corrected chi connectivity index (χ2v) is 5.10. The number of rotatable bonds is 5. The van der Waals surface area contributed by atoms with Crippen molar-refractivity contribution in [2.45, 2.75) is 38.2 Å². The zero-order valence-corrected chi connectivity index (χ0v) is 14.5. The highest BCUT2D eigenvalue weighted by Gasteiger charge is 2.14. The SMILES string of the molecule is CN(C)C(=NCCCOC1CCCC1)N(C)C.I. The summed E-state index contributed by atoms with van der Waals surface area (Å²) in [5, 5.41) is 0. The molecule has 0 bridgehead atoms. The average Bonchev–Trinajstić information content (AvgIpc) is 2.74. The number of nitrogens with zero attached hydrogens (tertiary/aromatic N) is 3. The van der Waals surface area contributed by atoms with Crippen LogP contribution in [0.4, 0.5) is 0 Å². The van der Waals surface area contributed by atoms with Crippen molar-refractivity contribution >= 4 is 29.9 Å². The molecule has 0 saturated heterocycles. The van der Waals surface area contributed by atoms with E-state index < -0.39 is 0 Å². The molecule has 1 saturated carbocycles. The second kappa shape index (κ2) is 9.83. The lowest BCUT2D eigenvalue weighted by Crippen LogP contribution is -2.35. The second-order valence-electron chi connectivity index (χ2n) is 5.10. The molecule has 0 aromatic rings. The largest absolute Gasteiger partial charge is 0.378 e. The Bertz CT molecular complexity index is 228. The molecule has 5 heteroatoms. The van der Waals surface area contributed by atoms with Crippen molar-refractivity contribution in [1.82, 2.24) is 9.80 Å². The highest BCUT2D eigenvalue weighted by Crippen LogP contribution is 2.20. The zero-order chi connectivity index (χ0) is 12.7. The van der Waals surface area contributed by atoms with Crippen LogP contribution in [0.5, 0.6) is 0 Å². The molecular weight excluding hydrogens is 341 g/mol. The summed E-state index contributed by atoms with van der Waals surface area (Å²) in [5.74, 6) is 1.02. The molecule has 1 aliphatic rings. The van der Waals surface area contributed by atoms with E-state index in [0.29, 0.717) is 6.10 Å². The summed E-state index contributed by atoms with van der Waals surface area (Å²) in [7, 11) is 8.09. The molecule has 4 nitrogen and oxygen atoms in total. The maximum Gasteiger partial charge on any atom is 0.195 e. The van der Waals surface area contributed by atoms with Crippen molar-refractivity contribution in [3.05, 3.63) is 0 Å². The summed E-state index contributed by atoms with van der Waals surface area (Å²) in [5.41, 5.74) is 0. The van der Waals surface area contributed by atoms with Gasteiger partial charge in [-0.25, -0.2) is 0 Å². The predicted molar refractivity (Wildman–Crippen MR) is 87.9 cm³/mol. The van der Waals surface area contributed by atoms with Crippen LogP contribution in [0.2, 0.25) is 0 Å². The van der Waals surface area contributed by atoms with Crippen LogP contribution in [-0.4, -0.2) is 63.2 Å². The molecule has 1 rings (SSSR count). The molecule has 108 valence electrons. The third-order valence-electron chi connectivity index (χ3n) is 3.01. The minimum Gasteiger partial charge on any atom is -0.378 e. The first kappa shape index (κ1) is 18.0. The Balaban J connectivity index is 0.00000289. The van der Waals surface area contributed by atoms with Gasteiger partial charge in [-0.3, -0.25) is 4.99 Å². The fraction of sp³-hybridized carbons (Fsp3) is 0.923. The Kier molecular flexibility index (Phi) is 9.81. The Hall–Kier alpha value is -0.0400. The molecule has 0 atom stereocenters. The van der Waals surface area contributed by atoms with Gasteiger partial charge < -0.3 is 14.5 Å². The Morgan fingerprint density at radius 3 is 2.17 bits per heavy atom. The molecule has 0 aliphatic heterocycles. The molecule has 0 spiro atoms. The molecule has 0 aromatic carbocycles. The van der Waals surface area contributed by atoms with Crippen molar-refractivity contribution in [2.24, 2.45) is 4.99 Å². The number of aliphatic imine (C=N–C) groups is 1. The first-order valence-corrected chi connectivity index (χ1v) is 6.62. The fourth-order valence-corrected chi connectivity index (χ4v) is 2.23. The van der Waals surface area contributed by atoms with Crippen molar-refractivity contribution in [1.29, 1.82) is 0 Å². The van der Waals surface area contributed by atoms with Gasteiger partial charge in [0.15, 0.2) is 5.96 Å². The summed E-state index contributed by atoms with van der Waals surface area (Å²) in [4.78, 5) is 8.65. The van der Waals surface area contributed by atoms with Crippen LogP contribution in [-0.2, 0) is 4.74 Å². The Morgan fingerprint density at radius 1 is 1.11 bits per heavy atom. The van der Waals surface area contributed by atoms with E-state index in [-0.39, 0.29) is 24.0 Å². The van der Waals surface area contributed by atoms with Gasteiger partial charge in [-0.05, 0) is 19.3 Å². The smallest absolute Gasteiger partial charge is 0.195 e. The quantitative estimate of drug-likeness (QED) is 0.323. The molecule has 0 amide bonds. The molecular formula is C13H28IN3O. The van der Waals surface area contributed by atoms with Gasteiger partial charge in [-0.1, -0.05) is 12.8 Å². The summed E-state index contributed by atoms with van der Waals surface area (Å²) in [6, 6.07) is 0. The Morgan fingerprint density at radius 2 is 1.67 bits per heavy atom. The number of hydrogen-bond donors (Lipinski definition) is 0. The van der Waals surface area contributed by atoms with Crippen LogP contribution >= 0.6 is 24.0 Å². The highest BCUT2D eigenvalue weighted by molar-refractivity contribution is 14.0. The third kappa shape index (κ3) is 6.78. The minimum absolute atomic E-state index is 0. The minimum atomic E-state index is 0. The van der Waals surface area contributed by atoms with E-state index in [2.05, 4.69) is 4.99 Å². The van der Waals surface area contributed by atoms with E-state index in [0.717, 1.165) is 25.5 Å². The molecule has 0 aromatic heterocycles. The standard InChI is InChI=1S/C13H27N3O.HI/c1-15(2)13(16(3)4)14-10-7-11-17-12-8-5-6-9-12;/h12H,5-11H2,1-4H3;1H. The lowest BCUT2D eigenvalue weighted by Gasteiger charge is -2.22. The molecule has 0 radical (unpaired) electrons. The summed E-state index contributed by atoms with van der Waals surface area (Å²) < 4.78 is 5.81. The lowest BCUT2D eigenvalue weighted by molar-refractivity contribution is 0.0579. The monoisotopic (exact) mass is 369 g/mol. The first-order valence-electron chi connectivity index (χ1n) is 6.62. The van der Waals surface area contributed by atoms with Gasteiger partial charge in [-0.2, -0.15) is 0 Å². The number of guanidine groups is 1. The lowest BCUT2D eigenvalue weighted by atomic mass is 10.3. The van der Waals surface area contributed by atoms with E-state index in [4.69, 9.17) is 4.74 Å². The molecule has 0 N–H and O–H groups in total. The molecule has 18 heavy (non-hydrogen) atoms. The van der Waals surface area contributed by atoms with Gasteiger partial charge in [0.25, 0.3) is 0 Å². The molecule has 1 fully saturated rings.